The number of hydrogen-bond acceptors (Lipinski definition) is 2. The average Bonchev–Trinajstić information content (AvgIpc) is 3.26. The van der Waals surface area contributed by atoms with E-state index in [1.54, 1.807) is 16.7 Å². The van der Waals surface area contributed by atoms with Gasteiger partial charge in [-0.2, -0.15) is 0 Å². The number of hydrogen-bond donors (Lipinski definition) is 1. The molecule has 0 aliphatic carbocycles. The number of benzene rings is 3. The molecule has 3 aromatic carbocycles. The summed E-state index contributed by atoms with van der Waals surface area (Å²) in [5, 5.41) is 2.58. The smallest absolute Gasteiger partial charge is 0.318 e. The quantitative estimate of drug-likeness (QED) is 0.349. The van der Waals surface area contributed by atoms with Crippen molar-refractivity contribution in [1.29, 1.82) is 0 Å². The first kappa shape index (κ1) is 21.3. The molecule has 7 heteroatoms. The fraction of sp³-hybridized carbons (Fsp3) is 0.115. The second-order valence-electron chi connectivity index (χ2n) is 7.79. The first-order chi connectivity index (χ1) is 16.0. The van der Waals surface area contributed by atoms with Gasteiger partial charge in [0.1, 0.15) is 11.6 Å². The highest BCUT2D eigenvalue weighted by Gasteiger charge is 2.33. The number of nitrogens with zero attached hydrogens (tertiary/aromatic N) is 2. The summed E-state index contributed by atoms with van der Waals surface area (Å²) in [6, 6.07) is 21.9. The Morgan fingerprint density at radius 3 is 2.58 bits per heavy atom. The lowest BCUT2D eigenvalue weighted by Gasteiger charge is -2.31. The van der Waals surface area contributed by atoms with E-state index in [0.29, 0.717) is 6.54 Å². The zero-order valence-electron chi connectivity index (χ0n) is 17.8. The van der Waals surface area contributed by atoms with Gasteiger partial charge in [0.15, 0.2) is 0 Å². The van der Waals surface area contributed by atoms with Crippen LogP contribution >= 0.6 is 11.8 Å². The van der Waals surface area contributed by atoms with Crippen molar-refractivity contribution in [3.8, 4) is 5.69 Å². The number of para-hydroxylation sites is 1. The lowest BCUT2D eigenvalue weighted by atomic mass is 10.0. The Morgan fingerprint density at radius 2 is 1.79 bits per heavy atom. The van der Waals surface area contributed by atoms with Gasteiger partial charge in [0, 0.05) is 22.9 Å². The van der Waals surface area contributed by atoms with Crippen LogP contribution in [0.5, 0.6) is 0 Å². The number of nitrogens with one attached hydrogen (secondary N) is 1. The predicted octanol–water partition coefficient (Wildman–Crippen LogP) is 6.61. The maximum absolute atomic E-state index is 14.3. The van der Waals surface area contributed by atoms with Gasteiger partial charge in [0.25, 0.3) is 0 Å². The van der Waals surface area contributed by atoms with Gasteiger partial charge in [0.05, 0.1) is 24.0 Å². The van der Waals surface area contributed by atoms with Crippen molar-refractivity contribution >= 4 is 23.5 Å². The summed E-state index contributed by atoms with van der Waals surface area (Å²) in [6.07, 6.45) is 3.99. The summed E-state index contributed by atoms with van der Waals surface area (Å²) in [4.78, 5) is 16.3. The molecule has 0 radical (unpaired) electrons. The Balaban J connectivity index is 1.63. The van der Waals surface area contributed by atoms with E-state index in [1.165, 1.54) is 0 Å². The van der Waals surface area contributed by atoms with E-state index in [4.69, 9.17) is 0 Å². The van der Waals surface area contributed by atoms with Crippen LogP contribution in [0.4, 0.5) is 19.3 Å². The fourth-order valence-electron chi connectivity index (χ4n) is 4.26. The summed E-state index contributed by atoms with van der Waals surface area (Å²) >= 11 is 1.64. The SMILES string of the molecule is CSc1ccc([C@H]2c3cccn3-c3ccccc3CN2C(=O)Nc2cc(F)ccc2F)cc1. The second-order valence-corrected chi connectivity index (χ2v) is 8.67. The molecule has 1 N–H and O–H groups in total. The number of anilines is 1. The molecule has 0 bridgehead atoms. The minimum absolute atomic E-state index is 0.190. The molecule has 1 aromatic heterocycles. The molecule has 4 aromatic rings. The molecule has 2 heterocycles. The van der Waals surface area contributed by atoms with Crippen LogP contribution in [0.25, 0.3) is 5.69 Å². The summed E-state index contributed by atoms with van der Waals surface area (Å²) in [6.45, 7) is 0.301. The zero-order valence-corrected chi connectivity index (χ0v) is 18.7. The van der Waals surface area contributed by atoms with E-state index in [2.05, 4.69) is 9.88 Å². The Hall–Kier alpha value is -3.58. The topological polar surface area (TPSA) is 37.3 Å². The Kier molecular flexibility index (Phi) is 5.64. The van der Waals surface area contributed by atoms with Crippen molar-refractivity contribution in [2.24, 2.45) is 0 Å². The molecule has 33 heavy (non-hydrogen) atoms. The summed E-state index contributed by atoms with van der Waals surface area (Å²) < 4.78 is 30.1. The molecule has 4 nitrogen and oxygen atoms in total. The van der Waals surface area contributed by atoms with Gasteiger partial charge in [-0.25, -0.2) is 13.6 Å². The average molecular weight is 462 g/mol. The van der Waals surface area contributed by atoms with Crippen LogP contribution in [0.15, 0.2) is 90.0 Å². The monoisotopic (exact) mass is 461 g/mol. The van der Waals surface area contributed by atoms with Gasteiger partial charge in [-0.3, -0.25) is 0 Å². The third-order valence-electron chi connectivity index (χ3n) is 5.83. The van der Waals surface area contributed by atoms with Crippen molar-refractivity contribution in [3.63, 3.8) is 0 Å². The number of carbonyl (C=O) groups is 1. The lowest BCUT2D eigenvalue weighted by molar-refractivity contribution is 0.194. The van der Waals surface area contributed by atoms with Crippen LogP contribution in [0, 0.1) is 11.6 Å². The van der Waals surface area contributed by atoms with Crippen molar-refractivity contribution in [3.05, 3.63) is 114 Å². The molecule has 0 saturated carbocycles. The highest BCUT2D eigenvalue weighted by Crippen LogP contribution is 2.37. The predicted molar refractivity (Wildman–Crippen MR) is 127 cm³/mol. The van der Waals surface area contributed by atoms with E-state index in [-0.39, 0.29) is 5.69 Å². The van der Waals surface area contributed by atoms with Crippen molar-refractivity contribution < 1.29 is 13.6 Å². The Labute approximate surface area is 194 Å². The molecule has 1 atom stereocenters. The Morgan fingerprint density at radius 1 is 1.00 bits per heavy atom. The maximum atomic E-state index is 14.3. The van der Waals surface area contributed by atoms with Gasteiger partial charge in [-0.1, -0.05) is 30.3 Å². The van der Waals surface area contributed by atoms with Crippen LogP contribution in [-0.4, -0.2) is 21.8 Å². The number of halogens is 2. The molecule has 0 unspecified atom stereocenters. The normalized spacial score (nSPS) is 14.9. The highest BCUT2D eigenvalue weighted by molar-refractivity contribution is 7.98. The van der Waals surface area contributed by atoms with Gasteiger partial charge in [0.2, 0.25) is 0 Å². The third kappa shape index (κ3) is 4.00. The number of aromatic nitrogens is 1. The molecule has 0 saturated heterocycles. The molecule has 1 aliphatic heterocycles. The number of urea groups is 1. The van der Waals surface area contributed by atoms with Crippen LogP contribution < -0.4 is 5.32 Å². The van der Waals surface area contributed by atoms with Crippen LogP contribution in [-0.2, 0) is 6.54 Å². The summed E-state index contributed by atoms with van der Waals surface area (Å²) in [5.41, 5.74) is 3.58. The van der Waals surface area contributed by atoms with Gasteiger partial charge < -0.3 is 14.8 Å². The van der Waals surface area contributed by atoms with Crippen LogP contribution in [0.1, 0.15) is 22.9 Å². The Bertz CT molecular complexity index is 1320. The second kappa shape index (κ2) is 8.75. The molecule has 0 spiro atoms. The maximum Gasteiger partial charge on any atom is 0.323 e. The molecular formula is C26H21F2N3OS. The molecule has 166 valence electrons. The standard InChI is InChI=1S/C26H21F2N3OS/c1-33-20-11-8-17(9-12-20)25-24-7-4-14-30(24)23-6-3-2-5-18(23)16-31(25)26(32)29-22-15-19(27)10-13-21(22)28/h2-15,25H,16H2,1H3,(H,29,32)/t25-/m0/s1. The summed E-state index contributed by atoms with van der Waals surface area (Å²) in [7, 11) is 0. The van der Waals surface area contributed by atoms with Gasteiger partial charge in [-0.15, -0.1) is 11.8 Å². The fourth-order valence-corrected chi connectivity index (χ4v) is 4.66. The number of carbonyl (C=O) groups excluding carboxylic acids is 1. The summed E-state index contributed by atoms with van der Waals surface area (Å²) in [5.74, 6) is -1.31. The third-order valence-corrected chi connectivity index (χ3v) is 6.57. The molecule has 1 aliphatic rings. The highest BCUT2D eigenvalue weighted by atomic mass is 32.2. The van der Waals surface area contributed by atoms with Crippen molar-refractivity contribution in [2.75, 3.05) is 11.6 Å². The number of thioether (sulfide) groups is 1. The van der Waals surface area contributed by atoms with E-state index >= 15 is 0 Å². The van der Waals surface area contributed by atoms with Crippen molar-refractivity contribution in [2.45, 2.75) is 17.5 Å². The largest absolute Gasteiger partial charge is 0.323 e. The van der Waals surface area contributed by atoms with E-state index in [0.717, 1.165) is 45.6 Å². The first-order valence-electron chi connectivity index (χ1n) is 10.5. The molecular weight excluding hydrogens is 440 g/mol. The van der Waals surface area contributed by atoms with Crippen LogP contribution in [0.3, 0.4) is 0 Å². The minimum atomic E-state index is -0.691. The molecule has 5 rings (SSSR count). The van der Waals surface area contributed by atoms with E-state index in [1.807, 2.05) is 73.1 Å². The number of amides is 2. The zero-order chi connectivity index (χ0) is 22.9. The first-order valence-corrected chi connectivity index (χ1v) is 11.7. The van der Waals surface area contributed by atoms with E-state index in [9.17, 15) is 13.6 Å². The lowest BCUT2D eigenvalue weighted by Crippen LogP contribution is -2.38. The number of fused-ring (bicyclic) bond motifs is 3. The molecule has 2 amide bonds. The number of rotatable bonds is 3. The molecule has 0 fully saturated rings. The van der Waals surface area contributed by atoms with Gasteiger partial charge in [-0.05, 0) is 59.8 Å². The van der Waals surface area contributed by atoms with Gasteiger partial charge >= 0.3 is 6.03 Å². The minimum Gasteiger partial charge on any atom is -0.318 e. The van der Waals surface area contributed by atoms with Crippen LogP contribution in [0.2, 0.25) is 0 Å². The van der Waals surface area contributed by atoms with E-state index < -0.39 is 23.7 Å². The van der Waals surface area contributed by atoms with Crippen molar-refractivity contribution in [1.82, 2.24) is 9.47 Å².